The molecule has 0 aromatic carbocycles. The number of rotatable bonds is 13. The van der Waals surface area contributed by atoms with Crippen LogP contribution < -0.4 is 5.32 Å². The van der Waals surface area contributed by atoms with Gasteiger partial charge in [-0.25, -0.2) is 0 Å². The number of unbranched alkanes of at least 4 members (excludes halogenated alkanes) is 2. The molecule has 0 aliphatic rings. The molecule has 0 bridgehead atoms. The molecule has 0 aromatic rings. The van der Waals surface area contributed by atoms with Crippen molar-refractivity contribution >= 4 is 0 Å². The van der Waals surface area contributed by atoms with E-state index in [2.05, 4.69) is 44.8 Å². The van der Waals surface area contributed by atoms with Crippen LogP contribution in [0.4, 0.5) is 0 Å². The molecular weight excluding hydrogens is 248 g/mol. The molecule has 122 valence electrons. The van der Waals surface area contributed by atoms with Gasteiger partial charge in [-0.05, 0) is 59.2 Å². The Balaban J connectivity index is 4.47. The fraction of sp³-hybridized carbons (Fsp3) is 1.00. The van der Waals surface area contributed by atoms with Crippen molar-refractivity contribution in [2.45, 2.75) is 84.7 Å². The maximum absolute atomic E-state index is 9.71. The van der Waals surface area contributed by atoms with Crippen LogP contribution in [0.1, 0.15) is 73.1 Å². The van der Waals surface area contributed by atoms with Crippen LogP contribution in [0.15, 0.2) is 0 Å². The molecule has 0 spiro atoms. The van der Waals surface area contributed by atoms with Gasteiger partial charge in [-0.15, -0.1) is 0 Å². The highest BCUT2D eigenvalue weighted by Crippen LogP contribution is 2.17. The fourth-order valence-corrected chi connectivity index (χ4v) is 2.68. The Labute approximate surface area is 127 Å². The highest BCUT2D eigenvalue weighted by molar-refractivity contribution is 4.87. The zero-order valence-electron chi connectivity index (χ0n) is 14.5. The molecule has 0 fully saturated rings. The largest absolute Gasteiger partial charge is 0.394 e. The van der Waals surface area contributed by atoms with Gasteiger partial charge in [0.15, 0.2) is 0 Å². The van der Waals surface area contributed by atoms with Crippen molar-refractivity contribution < 1.29 is 5.11 Å². The third-order valence-corrected chi connectivity index (χ3v) is 4.12. The summed E-state index contributed by atoms with van der Waals surface area (Å²) in [6.45, 7) is 14.7. The first kappa shape index (κ1) is 19.9. The third-order valence-electron chi connectivity index (χ3n) is 4.12. The second-order valence-corrected chi connectivity index (χ2v) is 6.44. The quantitative estimate of drug-likeness (QED) is 0.544. The summed E-state index contributed by atoms with van der Waals surface area (Å²) in [6.07, 6.45) is 7.16. The third kappa shape index (κ3) is 8.23. The van der Waals surface area contributed by atoms with Gasteiger partial charge in [-0.1, -0.05) is 33.6 Å². The van der Waals surface area contributed by atoms with Gasteiger partial charge in [-0.2, -0.15) is 0 Å². The van der Waals surface area contributed by atoms with Crippen molar-refractivity contribution in [2.24, 2.45) is 0 Å². The second-order valence-electron chi connectivity index (χ2n) is 6.44. The van der Waals surface area contributed by atoms with Crippen LogP contribution in [-0.4, -0.2) is 47.8 Å². The van der Waals surface area contributed by atoms with Crippen LogP contribution in [0.3, 0.4) is 0 Å². The summed E-state index contributed by atoms with van der Waals surface area (Å²) >= 11 is 0. The lowest BCUT2D eigenvalue weighted by Crippen LogP contribution is -2.51. The van der Waals surface area contributed by atoms with E-state index in [4.69, 9.17) is 0 Å². The molecule has 0 amide bonds. The average Bonchev–Trinajstić information content (AvgIpc) is 2.45. The maximum atomic E-state index is 9.71. The molecule has 2 atom stereocenters. The number of nitrogens with zero attached hydrogens (tertiary/aromatic N) is 1. The summed E-state index contributed by atoms with van der Waals surface area (Å²) in [5.41, 5.74) is -0.147. The highest BCUT2D eigenvalue weighted by Gasteiger charge is 2.27. The minimum Gasteiger partial charge on any atom is -0.394 e. The van der Waals surface area contributed by atoms with Gasteiger partial charge in [0.25, 0.3) is 0 Å². The molecule has 0 aliphatic carbocycles. The van der Waals surface area contributed by atoms with Crippen molar-refractivity contribution in [3.8, 4) is 0 Å². The van der Waals surface area contributed by atoms with Gasteiger partial charge in [0.2, 0.25) is 0 Å². The van der Waals surface area contributed by atoms with Crippen molar-refractivity contribution in [3.63, 3.8) is 0 Å². The van der Waals surface area contributed by atoms with Gasteiger partial charge in [0, 0.05) is 11.6 Å². The maximum Gasteiger partial charge on any atom is 0.0611 e. The lowest BCUT2D eigenvalue weighted by Gasteiger charge is -2.37. The summed E-state index contributed by atoms with van der Waals surface area (Å²) in [7, 11) is 0. The number of nitrogens with one attached hydrogen (secondary N) is 1. The van der Waals surface area contributed by atoms with Gasteiger partial charge in [0.05, 0.1) is 6.61 Å². The van der Waals surface area contributed by atoms with Crippen molar-refractivity contribution in [3.05, 3.63) is 0 Å². The number of hydrogen-bond acceptors (Lipinski definition) is 3. The normalized spacial score (nSPS) is 16.4. The molecule has 0 aromatic heterocycles. The zero-order chi connectivity index (χ0) is 15.4. The van der Waals surface area contributed by atoms with Crippen LogP contribution in [-0.2, 0) is 0 Å². The molecule has 0 heterocycles. The predicted octanol–water partition coefficient (Wildman–Crippen LogP) is 3.42. The van der Waals surface area contributed by atoms with E-state index >= 15 is 0 Å². The molecule has 20 heavy (non-hydrogen) atoms. The van der Waals surface area contributed by atoms with Gasteiger partial charge < -0.3 is 15.3 Å². The van der Waals surface area contributed by atoms with E-state index in [1.54, 1.807) is 0 Å². The summed E-state index contributed by atoms with van der Waals surface area (Å²) in [6, 6.07) is 0.523. The highest BCUT2D eigenvalue weighted by atomic mass is 16.3. The van der Waals surface area contributed by atoms with E-state index in [9.17, 15) is 5.11 Å². The van der Waals surface area contributed by atoms with Crippen molar-refractivity contribution in [1.82, 2.24) is 10.2 Å². The van der Waals surface area contributed by atoms with E-state index in [1.165, 1.54) is 38.8 Å². The fourth-order valence-electron chi connectivity index (χ4n) is 2.68. The Kier molecular flexibility index (Phi) is 11.5. The van der Waals surface area contributed by atoms with Crippen molar-refractivity contribution in [1.29, 1.82) is 0 Å². The van der Waals surface area contributed by atoms with Crippen LogP contribution in [0.5, 0.6) is 0 Å². The van der Waals surface area contributed by atoms with E-state index in [0.717, 1.165) is 19.4 Å². The Morgan fingerprint density at radius 1 is 1.05 bits per heavy atom. The Hall–Kier alpha value is -0.120. The first-order chi connectivity index (χ1) is 9.52. The molecule has 3 nitrogen and oxygen atoms in total. The van der Waals surface area contributed by atoms with Gasteiger partial charge in [0.1, 0.15) is 0 Å². The lowest BCUT2D eigenvalue weighted by molar-refractivity contribution is 0.112. The molecule has 0 rings (SSSR count). The summed E-state index contributed by atoms with van der Waals surface area (Å²) in [5.74, 6) is 0. The number of aliphatic hydroxyl groups is 1. The number of aliphatic hydroxyl groups excluding tert-OH is 1. The Morgan fingerprint density at radius 2 is 1.60 bits per heavy atom. The predicted molar refractivity (Wildman–Crippen MR) is 89.3 cm³/mol. The molecule has 0 aliphatic heterocycles. The second kappa shape index (κ2) is 11.5. The first-order valence-corrected chi connectivity index (χ1v) is 8.62. The smallest absolute Gasteiger partial charge is 0.0611 e. The lowest BCUT2D eigenvalue weighted by atomic mass is 9.93. The first-order valence-electron chi connectivity index (χ1n) is 8.62. The van der Waals surface area contributed by atoms with Crippen LogP contribution in [0.25, 0.3) is 0 Å². The summed E-state index contributed by atoms with van der Waals surface area (Å²) in [4.78, 5) is 2.61. The van der Waals surface area contributed by atoms with E-state index < -0.39 is 0 Å². The van der Waals surface area contributed by atoms with Crippen LogP contribution >= 0.6 is 0 Å². The monoisotopic (exact) mass is 286 g/mol. The van der Waals surface area contributed by atoms with E-state index in [-0.39, 0.29) is 12.1 Å². The average molecular weight is 287 g/mol. The number of hydrogen-bond donors (Lipinski definition) is 2. The van der Waals surface area contributed by atoms with E-state index in [1.807, 2.05) is 0 Å². The SMILES string of the molecule is CCCCN(CCCC)C(C)CC(C)(CO)NCCC. The Bertz CT molecular complexity index is 215. The van der Waals surface area contributed by atoms with Gasteiger partial charge in [-0.3, -0.25) is 0 Å². The summed E-state index contributed by atoms with van der Waals surface area (Å²) in [5, 5.41) is 13.2. The van der Waals surface area contributed by atoms with Crippen LogP contribution in [0, 0.1) is 0 Å². The Morgan fingerprint density at radius 3 is 2.00 bits per heavy atom. The molecule has 2 unspecified atom stereocenters. The molecule has 0 saturated carbocycles. The summed E-state index contributed by atoms with van der Waals surface area (Å²) < 4.78 is 0. The van der Waals surface area contributed by atoms with Crippen LogP contribution in [0.2, 0.25) is 0 Å². The van der Waals surface area contributed by atoms with Gasteiger partial charge >= 0.3 is 0 Å². The standard InChI is InChI=1S/C17H38N2O/c1-6-9-12-19(13-10-7-2)16(4)14-17(5,15-20)18-11-8-3/h16,18,20H,6-15H2,1-5H3. The minimum absolute atomic E-state index is 0.147. The molecule has 0 radical (unpaired) electrons. The minimum atomic E-state index is -0.147. The van der Waals surface area contributed by atoms with E-state index in [0.29, 0.717) is 6.04 Å². The zero-order valence-corrected chi connectivity index (χ0v) is 14.5. The molecular formula is C17H38N2O. The molecule has 0 saturated heterocycles. The molecule has 2 N–H and O–H groups in total. The molecule has 3 heteroatoms. The topological polar surface area (TPSA) is 35.5 Å². The van der Waals surface area contributed by atoms with Crippen molar-refractivity contribution in [2.75, 3.05) is 26.2 Å².